The van der Waals surface area contributed by atoms with Crippen molar-refractivity contribution in [1.29, 1.82) is 0 Å². The Labute approximate surface area is 180 Å². The molecule has 3 aromatic rings. The molecule has 0 bridgehead atoms. The maximum Gasteiger partial charge on any atom is 0.387 e. The van der Waals surface area contributed by atoms with Gasteiger partial charge < -0.3 is 14.8 Å². The number of hydrogen-bond acceptors (Lipinski definition) is 7. The molecule has 1 heterocycles. The van der Waals surface area contributed by atoms with E-state index in [0.29, 0.717) is 23.4 Å². The SMILES string of the molecule is COc1ccc(CCNC(=O)c2nnn(-c3cccc([N+](=O)[O-])c3)c2C)cc1OC(F)F. The van der Waals surface area contributed by atoms with E-state index >= 15 is 0 Å². The molecule has 1 aromatic heterocycles. The van der Waals surface area contributed by atoms with Gasteiger partial charge in [-0.25, -0.2) is 4.68 Å². The molecule has 0 aliphatic rings. The summed E-state index contributed by atoms with van der Waals surface area (Å²) in [6.07, 6.45) is 0.341. The number of benzene rings is 2. The lowest BCUT2D eigenvalue weighted by atomic mass is 10.1. The van der Waals surface area contributed by atoms with Gasteiger partial charge in [0.25, 0.3) is 11.6 Å². The molecule has 1 N–H and O–H groups in total. The highest BCUT2D eigenvalue weighted by Crippen LogP contribution is 2.29. The zero-order valence-corrected chi connectivity index (χ0v) is 17.1. The molecule has 3 rings (SSSR count). The van der Waals surface area contributed by atoms with Crippen molar-refractivity contribution < 1.29 is 28.0 Å². The fourth-order valence-corrected chi connectivity index (χ4v) is 2.99. The van der Waals surface area contributed by atoms with Crippen LogP contribution in [0.4, 0.5) is 14.5 Å². The standard InChI is InChI=1S/C20H19F2N5O5/c1-12-18(24-25-26(12)14-4-3-5-15(11-14)27(29)30)19(28)23-9-8-13-6-7-16(31-2)17(10-13)32-20(21)22/h3-7,10-11,20H,8-9H2,1-2H3,(H,23,28). The number of nitrogens with one attached hydrogen (secondary N) is 1. The highest BCUT2D eigenvalue weighted by atomic mass is 19.3. The summed E-state index contributed by atoms with van der Waals surface area (Å²) in [4.78, 5) is 23.0. The zero-order valence-electron chi connectivity index (χ0n) is 17.1. The van der Waals surface area contributed by atoms with Crippen LogP contribution in [-0.2, 0) is 6.42 Å². The molecule has 12 heteroatoms. The van der Waals surface area contributed by atoms with Crippen molar-refractivity contribution in [2.45, 2.75) is 20.0 Å². The van der Waals surface area contributed by atoms with Gasteiger partial charge in [-0.05, 0) is 37.1 Å². The largest absolute Gasteiger partial charge is 0.493 e. The Bertz CT molecular complexity index is 1140. The van der Waals surface area contributed by atoms with Crippen molar-refractivity contribution >= 4 is 11.6 Å². The number of carbonyl (C=O) groups excluding carboxylic acids is 1. The number of halogens is 2. The topological polar surface area (TPSA) is 121 Å². The Morgan fingerprint density at radius 1 is 1.25 bits per heavy atom. The fraction of sp³-hybridized carbons (Fsp3) is 0.250. The van der Waals surface area contributed by atoms with E-state index in [4.69, 9.17) is 4.74 Å². The van der Waals surface area contributed by atoms with E-state index in [1.165, 1.54) is 42.1 Å². The van der Waals surface area contributed by atoms with E-state index in [2.05, 4.69) is 20.4 Å². The maximum absolute atomic E-state index is 12.6. The molecule has 168 valence electrons. The van der Waals surface area contributed by atoms with Crippen LogP contribution in [0, 0.1) is 17.0 Å². The van der Waals surface area contributed by atoms with Crippen molar-refractivity contribution in [2.24, 2.45) is 0 Å². The van der Waals surface area contributed by atoms with Gasteiger partial charge in [-0.15, -0.1) is 5.10 Å². The van der Waals surface area contributed by atoms with Crippen LogP contribution in [0.1, 0.15) is 21.7 Å². The summed E-state index contributed by atoms with van der Waals surface area (Å²) in [5.74, 6) is -0.412. The average Bonchev–Trinajstić information content (AvgIpc) is 3.15. The number of nitro groups is 1. The lowest BCUT2D eigenvalue weighted by Gasteiger charge is -2.11. The van der Waals surface area contributed by atoms with Crippen LogP contribution in [0.25, 0.3) is 5.69 Å². The summed E-state index contributed by atoms with van der Waals surface area (Å²) < 4.78 is 35.9. The number of amides is 1. The van der Waals surface area contributed by atoms with Gasteiger partial charge >= 0.3 is 6.61 Å². The van der Waals surface area contributed by atoms with Crippen molar-refractivity contribution in [3.8, 4) is 17.2 Å². The predicted molar refractivity (Wildman–Crippen MR) is 108 cm³/mol. The molecule has 0 atom stereocenters. The number of hydrogen-bond donors (Lipinski definition) is 1. The molecule has 0 aliphatic carbocycles. The van der Waals surface area contributed by atoms with E-state index in [1.807, 2.05) is 0 Å². The number of non-ortho nitro benzene ring substituents is 1. The van der Waals surface area contributed by atoms with Gasteiger partial charge in [0.2, 0.25) is 0 Å². The van der Waals surface area contributed by atoms with Gasteiger partial charge in [0.1, 0.15) is 0 Å². The Morgan fingerprint density at radius 2 is 2.03 bits per heavy atom. The van der Waals surface area contributed by atoms with Crippen LogP contribution >= 0.6 is 0 Å². The molecule has 0 fully saturated rings. The number of nitrogens with zero attached hydrogens (tertiary/aromatic N) is 4. The van der Waals surface area contributed by atoms with E-state index in [9.17, 15) is 23.7 Å². The first-order chi connectivity index (χ1) is 15.3. The Hall–Kier alpha value is -4.09. The normalized spacial score (nSPS) is 10.8. The van der Waals surface area contributed by atoms with Gasteiger partial charge in [-0.1, -0.05) is 17.3 Å². The van der Waals surface area contributed by atoms with E-state index in [0.717, 1.165) is 0 Å². The van der Waals surface area contributed by atoms with Gasteiger partial charge in [0.15, 0.2) is 17.2 Å². The molecular weight excluding hydrogens is 428 g/mol. The predicted octanol–water partition coefficient (Wildman–Crippen LogP) is 3.07. The maximum atomic E-state index is 12.6. The molecule has 1 amide bonds. The second kappa shape index (κ2) is 9.81. The Balaban J connectivity index is 1.66. The number of rotatable bonds is 9. The third-order valence-corrected chi connectivity index (χ3v) is 4.54. The molecule has 0 saturated carbocycles. The summed E-state index contributed by atoms with van der Waals surface area (Å²) in [5.41, 5.74) is 1.40. The number of alkyl halides is 2. The van der Waals surface area contributed by atoms with Crippen LogP contribution in [0.3, 0.4) is 0 Å². The quantitative estimate of drug-likeness (QED) is 0.395. The molecular formula is C20H19F2N5O5. The first-order valence-electron chi connectivity index (χ1n) is 9.37. The van der Waals surface area contributed by atoms with Crippen molar-refractivity contribution in [2.75, 3.05) is 13.7 Å². The smallest absolute Gasteiger partial charge is 0.387 e. The molecule has 0 saturated heterocycles. The Kier molecular flexibility index (Phi) is 6.93. The van der Waals surface area contributed by atoms with Crippen molar-refractivity contribution in [3.05, 3.63) is 69.5 Å². The summed E-state index contributed by atoms with van der Waals surface area (Å²) >= 11 is 0. The number of nitro benzene ring substituents is 1. The molecule has 0 spiro atoms. The number of aromatic nitrogens is 3. The van der Waals surface area contributed by atoms with Gasteiger partial charge in [-0.2, -0.15) is 8.78 Å². The summed E-state index contributed by atoms with van der Waals surface area (Å²) in [6.45, 7) is -1.18. The van der Waals surface area contributed by atoms with E-state index in [-0.39, 0.29) is 29.4 Å². The summed E-state index contributed by atoms with van der Waals surface area (Å²) in [7, 11) is 1.34. The first kappa shape index (κ1) is 22.6. The molecule has 0 aliphatic heterocycles. The van der Waals surface area contributed by atoms with Gasteiger partial charge in [0.05, 0.1) is 23.4 Å². The number of methoxy groups -OCH3 is 1. The third kappa shape index (κ3) is 5.14. The van der Waals surface area contributed by atoms with E-state index in [1.54, 1.807) is 19.1 Å². The fourth-order valence-electron chi connectivity index (χ4n) is 2.99. The van der Waals surface area contributed by atoms with Gasteiger partial charge in [0, 0.05) is 18.7 Å². The van der Waals surface area contributed by atoms with Crippen LogP contribution in [0.2, 0.25) is 0 Å². The minimum atomic E-state index is -2.99. The molecule has 0 unspecified atom stereocenters. The minimum absolute atomic E-state index is 0.0629. The highest BCUT2D eigenvalue weighted by molar-refractivity contribution is 5.93. The van der Waals surface area contributed by atoms with Gasteiger partial charge in [-0.3, -0.25) is 14.9 Å². The van der Waals surface area contributed by atoms with Crippen LogP contribution in [0.5, 0.6) is 11.5 Å². The molecule has 32 heavy (non-hydrogen) atoms. The van der Waals surface area contributed by atoms with Crippen LogP contribution < -0.4 is 14.8 Å². The Morgan fingerprint density at radius 3 is 2.72 bits per heavy atom. The minimum Gasteiger partial charge on any atom is -0.493 e. The molecule has 2 aromatic carbocycles. The number of ether oxygens (including phenoxy) is 2. The molecule has 0 radical (unpaired) electrons. The second-order valence-electron chi connectivity index (χ2n) is 6.58. The lowest BCUT2D eigenvalue weighted by Crippen LogP contribution is -2.26. The lowest BCUT2D eigenvalue weighted by molar-refractivity contribution is -0.384. The van der Waals surface area contributed by atoms with E-state index < -0.39 is 17.4 Å². The first-order valence-corrected chi connectivity index (χ1v) is 9.37. The van der Waals surface area contributed by atoms with Crippen molar-refractivity contribution in [3.63, 3.8) is 0 Å². The van der Waals surface area contributed by atoms with Crippen molar-refractivity contribution in [1.82, 2.24) is 20.3 Å². The monoisotopic (exact) mass is 447 g/mol. The zero-order chi connectivity index (χ0) is 23.3. The third-order valence-electron chi connectivity index (χ3n) is 4.54. The van der Waals surface area contributed by atoms with Crippen LogP contribution in [-0.4, -0.2) is 46.1 Å². The second-order valence-corrected chi connectivity index (χ2v) is 6.58. The highest BCUT2D eigenvalue weighted by Gasteiger charge is 2.18. The number of carbonyl (C=O) groups is 1. The van der Waals surface area contributed by atoms with Crippen LogP contribution in [0.15, 0.2) is 42.5 Å². The molecule has 10 nitrogen and oxygen atoms in total. The summed E-state index contributed by atoms with van der Waals surface area (Å²) in [5, 5.41) is 21.4. The average molecular weight is 447 g/mol. The summed E-state index contributed by atoms with van der Waals surface area (Å²) in [6, 6.07) is 10.4.